The van der Waals surface area contributed by atoms with E-state index in [2.05, 4.69) is 39.1 Å². The molecule has 1 saturated heterocycles. The molecule has 1 fully saturated rings. The lowest BCUT2D eigenvalue weighted by Gasteiger charge is -2.29. The molecule has 0 spiro atoms. The maximum Gasteiger partial charge on any atom is 0.132 e. The fourth-order valence-electron chi connectivity index (χ4n) is 3.38. The van der Waals surface area contributed by atoms with Gasteiger partial charge in [0.05, 0.1) is 12.6 Å². The van der Waals surface area contributed by atoms with Crippen LogP contribution in [0.25, 0.3) is 0 Å². The quantitative estimate of drug-likeness (QED) is 0.784. The minimum absolute atomic E-state index is 0.241. The van der Waals surface area contributed by atoms with Crippen LogP contribution >= 0.6 is 0 Å². The van der Waals surface area contributed by atoms with Gasteiger partial charge in [-0.25, -0.2) is 9.97 Å². The first-order chi connectivity index (χ1) is 12.2. The van der Waals surface area contributed by atoms with E-state index in [1.807, 2.05) is 29.2 Å². The number of hydrogen-bond donors (Lipinski definition) is 1. The lowest BCUT2D eigenvalue weighted by molar-refractivity contribution is 0.118. The van der Waals surface area contributed by atoms with Gasteiger partial charge in [-0.05, 0) is 24.5 Å². The van der Waals surface area contributed by atoms with Crippen LogP contribution in [-0.4, -0.2) is 58.1 Å². The van der Waals surface area contributed by atoms with Gasteiger partial charge in [-0.15, -0.1) is 0 Å². The predicted molar refractivity (Wildman–Crippen MR) is 97.4 cm³/mol. The average molecular weight is 344 g/mol. The van der Waals surface area contributed by atoms with Gasteiger partial charge in [0.1, 0.15) is 12.1 Å². The average Bonchev–Trinajstić information content (AvgIpc) is 3.28. The Morgan fingerprint density at radius 2 is 2.24 bits per heavy atom. The molecule has 1 aliphatic heterocycles. The summed E-state index contributed by atoms with van der Waals surface area (Å²) in [6.07, 6.45) is 8.48. The minimum Gasteiger partial charge on any atom is -0.380 e. The summed E-state index contributed by atoms with van der Waals surface area (Å²) in [7, 11) is 1.78. The van der Waals surface area contributed by atoms with Crippen molar-refractivity contribution in [3.05, 3.63) is 37.1 Å². The molecule has 0 saturated carbocycles. The highest BCUT2D eigenvalue weighted by Gasteiger charge is 2.33. The van der Waals surface area contributed by atoms with Crippen molar-refractivity contribution in [1.29, 1.82) is 0 Å². The smallest absolute Gasteiger partial charge is 0.132 e. The van der Waals surface area contributed by atoms with Crippen molar-refractivity contribution in [2.45, 2.75) is 45.0 Å². The van der Waals surface area contributed by atoms with Gasteiger partial charge < -0.3 is 15.0 Å². The number of aromatic nitrogens is 4. The lowest BCUT2D eigenvalue weighted by Crippen LogP contribution is -2.45. The van der Waals surface area contributed by atoms with Gasteiger partial charge in [0.2, 0.25) is 0 Å². The zero-order chi connectivity index (χ0) is 17.6. The molecule has 3 rings (SSSR count). The summed E-state index contributed by atoms with van der Waals surface area (Å²) in [6.45, 7) is 7.13. The Balaban J connectivity index is 1.64. The Hall–Kier alpha value is -1.99. The van der Waals surface area contributed by atoms with E-state index < -0.39 is 0 Å². The first kappa shape index (κ1) is 17.8. The van der Waals surface area contributed by atoms with E-state index in [1.54, 1.807) is 19.6 Å². The molecule has 7 nitrogen and oxygen atoms in total. The Kier molecular flexibility index (Phi) is 5.99. The van der Waals surface area contributed by atoms with Gasteiger partial charge in [-0.1, -0.05) is 13.8 Å². The molecule has 0 aliphatic carbocycles. The monoisotopic (exact) mass is 344 g/mol. The van der Waals surface area contributed by atoms with Crippen LogP contribution in [0.1, 0.15) is 20.3 Å². The molecule has 2 aromatic heterocycles. The summed E-state index contributed by atoms with van der Waals surface area (Å²) in [5.74, 6) is 1.49. The first-order valence-electron chi connectivity index (χ1n) is 8.93. The van der Waals surface area contributed by atoms with Crippen molar-refractivity contribution >= 4 is 5.82 Å². The van der Waals surface area contributed by atoms with Crippen molar-refractivity contribution < 1.29 is 4.74 Å². The number of nitrogens with one attached hydrogen (secondary N) is 1. The zero-order valence-corrected chi connectivity index (χ0v) is 15.2. The second kappa shape index (κ2) is 8.40. The first-order valence-corrected chi connectivity index (χ1v) is 8.93. The van der Waals surface area contributed by atoms with Gasteiger partial charge in [0, 0.05) is 50.9 Å². The summed E-state index contributed by atoms with van der Waals surface area (Å²) in [5.41, 5.74) is 0. The molecular formula is C18H28N6O. The normalized spacial score (nSPS) is 21.8. The molecule has 25 heavy (non-hydrogen) atoms. The van der Waals surface area contributed by atoms with Crippen LogP contribution in [0.4, 0.5) is 5.82 Å². The summed E-state index contributed by atoms with van der Waals surface area (Å²) in [5, 5.41) is 8.08. The maximum atomic E-state index is 5.61. The van der Waals surface area contributed by atoms with Gasteiger partial charge in [-0.2, -0.15) is 5.10 Å². The van der Waals surface area contributed by atoms with E-state index in [0.717, 1.165) is 31.9 Å². The predicted octanol–water partition coefficient (Wildman–Crippen LogP) is 1.58. The van der Waals surface area contributed by atoms with Crippen LogP contribution in [-0.2, 0) is 11.3 Å². The fourth-order valence-corrected chi connectivity index (χ4v) is 3.38. The SMILES string of the molecule is CO[C@@H]1C[C@H](CNC(Cn2cccn2)C(C)C)N(c2ccncn2)C1. The summed E-state index contributed by atoms with van der Waals surface area (Å²) < 4.78 is 7.60. The number of ether oxygens (including phenoxy) is 1. The van der Waals surface area contributed by atoms with E-state index in [9.17, 15) is 0 Å². The largest absolute Gasteiger partial charge is 0.380 e. The highest BCUT2D eigenvalue weighted by molar-refractivity contribution is 5.40. The molecule has 1 aliphatic rings. The summed E-state index contributed by atoms with van der Waals surface area (Å²) >= 11 is 0. The highest BCUT2D eigenvalue weighted by atomic mass is 16.5. The van der Waals surface area contributed by atoms with Crippen molar-refractivity contribution in [2.75, 3.05) is 25.1 Å². The molecule has 0 bridgehead atoms. The van der Waals surface area contributed by atoms with Crippen LogP contribution in [0.15, 0.2) is 37.1 Å². The van der Waals surface area contributed by atoms with E-state index in [0.29, 0.717) is 18.0 Å². The van der Waals surface area contributed by atoms with Crippen LogP contribution in [0.3, 0.4) is 0 Å². The molecule has 0 radical (unpaired) electrons. The lowest BCUT2D eigenvalue weighted by atomic mass is 10.0. The molecule has 3 heterocycles. The topological polar surface area (TPSA) is 68.1 Å². The van der Waals surface area contributed by atoms with Gasteiger partial charge in [0.15, 0.2) is 0 Å². The van der Waals surface area contributed by atoms with Crippen LogP contribution in [0.5, 0.6) is 0 Å². The summed E-state index contributed by atoms with van der Waals surface area (Å²) in [6, 6.07) is 4.66. The molecule has 7 heteroatoms. The molecule has 1 N–H and O–H groups in total. The van der Waals surface area contributed by atoms with Crippen LogP contribution < -0.4 is 10.2 Å². The van der Waals surface area contributed by atoms with E-state index in [1.165, 1.54) is 0 Å². The third-order valence-electron chi connectivity index (χ3n) is 4.93. The number of nitrogens with zero attached hydrogens (tertiary/aromatic N) is 5. The highest BCUT2D eigenvalue weighted by Crippen LogP contribution is 2.25. The van der Waals surface area contributed by atoms with Crippen LogP contribution in [0.2, 0.25) is 0 Å². The maximum absolute atomic E-state index is 5.61. The second-order valence-electron chi connectivity index (χ2n) is 6.95. The van der Waals surface area contributed by atoms with Crippen molar-refractivity contribution in [3.8, 4) is 0 Å². The van der Waals surface area contributed by atoms with Crippen molar-refractivity contribution in [3.63, 3.8) is 0 Å². The molecule has 3 atom stereocenters. The van der Waals surface area contributed by atoms with E-state index >= 15 is 0 Å². The number of rotatable bonds is 8. The Morgan fingerprint density at radius 1 is 1.36 bits per heavy atom. The van der Waals surface area contributed by atoms with Crippen LogP contribution in [0, 0.1) is 5.92 Å². The molecule has 0 amide bonds. The third kappa shape index (κ3) is 4.55. The Labute approximate surface area is 149 Å². The standard InChI is InChI=1S/C18H28N6O/c1-14(2)17(12-23-8-4-6-22-23)20-10-15-9-16(25-3)11-24(15)18-5-7-19-13-21-18/h4-8,13-17,20H,9-12H2,1-3H3/t15-,16-,17?/m1/s1. The Bertz CT molecular complexity index is 618. The molecular weight excluding hydrogens is 316 g/mol. The second-order valence-corrected chi connectivity index (χ2v) is 6.95. The zero-order valence-electron chi connectivity index (χ0n) is 15.2. The van der Waals surface area contributed by atoms with Crippen molar-refractivity contribution in [1.82, 2.24) is 25.1 Å². The van der Waals surface area contributed by atoms with E-state index in [-0.39, 0.29) is 6.10 Å². The van der Waals surface area contributed by atoms with Gasteiger partial charge in [0.25, 0.3) is 0 Å². The van der Waals surface area contributed by atoms with Gasteiger partial charge >= 0.3 is 0 Å². The number of methoxy groups -OCH3 is 1. The summed E-state index contributed by atoms with van der Waals surface area (Å²) in [4.78, 5) is 10.8. The molecule has 0 aromatic carbocycles. The minimum atomic E-state index is 0.241. The number of anilines is 1. The molecule has 1 unspecified atom stereocenters. The molecule has 2 aromatic rings. The van der Waals surface area contributed by atoms with Gasteiger partial charge in [-0.3, -0.25) is 4.68 Å². The fraction of sp³-hybridized carbons (Fsp3) is 0.611. The number of hydrogen-bond acceptors (Lipinski definition) is 6. The van der Waals surface area contributed by atoms with Crippen molar-refractivity contribution in [2.24, 2.45) is 5.92 Å². The third-order valence-corrected chi connectivity index (χ3v) is 4.93. The Morgan fingerprint density at radius 3 is 2.88 bits per heavy atom. The molecule has 136 valence electrons. The van der Waals surface area contributed by atoms with E-state index in [4.69, 9.17) is 4.74 Å².